The fraction of sp³-hybridized carbons (Fsp3) is 0.636. The molecule has 0 aliphatic carbocycles. The van der Waals surface area contributed by atoms with Crippen LogP contribution in [0.15, 0.2) is 24.3 Å². The molecule has 2 fully saturated rings. The van der Waals surface area contributed by atoms with Gasteiger partial charge in [0, 0.05) is 24.2 Å². The Bertz CT molecular complexity index is 742. The molecule has 0 spiro atoms. The van der Waals surface area contributed by atoms with Crippen molar-refractivity contribution in [1.82, 2.24) is 15.8 Å². The number of likely N-dealkylation sites (tertiary alicyclic amines) is 1. The van der Waals surface area contributed by atoms with Crippen molar-refractivity contribution in [3.63, 3.8) is 0 Å². The lowest BCUT2D eigenvalue weighted by Crippen LogP contribution is -2.55. The molecular weight excluding hydrogens is 390 g/mol. The number of piperidine rings is 1. The maximum atomic E-state index is 13.2. The number of hydrogen-bond acceptors (Lipinski definition) is 5. The van der Waals surface area contributed by atoms with Gasteiger partial charge in [0.25, 0.3) is 0 Å². The van der Waals surface area contributed by atoms with Crippen LogP contribution >= 0.6 is 11.6 Å². The van der Waals surface area contributed by atoms with Crippen molar-refractivity contribution in [3.8, 4) is 0 Å². The number of carbonyl (C=O) groups excluding carboxylic acids is 2. The van der Waals surface area contributed by atoms with Crippen LogP contribution in [0.1, 0.15) is 45.6 Å². The number of rotatable bonds is 6. The number of benzene rings is 1. The largest absolute Gasteiger partial charge is 0.466 e. The Morgan fingerprint density at radius 2 is 2.14 bits per heavy atom. The van der Waals surface area contributed by atoms with Crippen LogP contribution in [0, 0.1) is 11.3 Å². The Hall–Kier alpha value is -1.63. The number of esters is 1. The minimum absolute atomic E-state index is 0.0557. The van der Waals surface area contributed by atoms with Crippen LogP contribution in [0.25, 0.3) is 0 Å². The number of hydrogen-bond donors (Lipinski definition) is 2. The molecule has 3 rings (SSSR count). The van der Waals surface area contributed by atoms with E-state index in [1.807, 2.05) is 36.1 Å². The zero-order valence-electron chi connectivity index (χ0n) is 17.5. The first-order valence-corrected chi connectivity index (χ1v) is 10.9. The predicted octanol–water partition coefficient (Wildman–Crippen LogP) is 2.95. The molecule has 0 bridgehead atoms. The van der Waals surface area contributed by atoms with E-state index >= 15 is 0 Å². The molecule has 2 aliphatic rings. The Morgan fingerprint density at radius 1 is 1.34 bits per heavy atom. The Labute approximate surface area is 178 Å². The van der Waals surface area contributed by atoms with Crippen LogP contribution in [-0.2, 0) is 20.7 Å². The highest BCUT2D eigenvalue weighted by Gasteiger charge is 2.46. The van der Waals surface area contributed by atoms with E-state index in [4.69, 9.17) is 16.3 Å². The van der Waals surface area contributed by atoms with Gasteiger partial charge in [0.1, 0.15) is 6.04 Å². The van der Waals surface area contributed by atoms with Gasteiger partial charge in [-0.05, 0) is 56.2 Å². The zero-order valence-corrected chi connectivity index (χ0v) is 18.3. The van der Waals surface area contributed by atoms with E-state index in [2.05, 4.69) is 24.7 Å². The lowest BCUT2D eigenvalue weighted by atomic mass is 9.75. The summed E-state index contributed by atoms with van der Waals surface area (Å²) in [6.45, 7) is 7.47. The van der Waals surface area contributed by atoms with Gasteiger partial charge in [0.15, 0.2) is 0 Å². The summed E-state index contributed by atoms with van der Waals surface area (Å²) in [5.74, 6) is 0.276. The number of amides is 1. The highest BCUT2D eigenvalue weighted by molar-refractivity contribution is 6.30. The van der Waals surface area contributed by atoms with E-state index in [1.165, 1.54) is 0 Å². The third-order valence-corrected chi connectivity index (χ3v) is 6.30. The van der Waals surface area contributed by atoms with E-state index in [1.54, 1.807) is 0 Å². The first-order valence-electron chi connectivity index (χ1n) is 10.6. The van der Waals surface area contributed by atoms with Crippen molar-refractivity contribution < 1.29 is 14.3 Å². The minimum atomic E-state index is -0.738. The van der Waals surface area contributed by atoms with Crippen LogP contribution in [0.4, 0.5) is 0 Å². The summed E-state index contributed by atoms with van der Waals surface area (Å²) in [5.41, 5.74) is 6.63. The number of nitrogens with zero attached hydrogens (tertiary/aromatic N) is 1. The summed E-state index contributed by atoms with van der Waals surface area (Å²) < 4.78 is 5.45. The van der Waals surface area contributed by atoms with Crippen LogP contribution in [0.3, 0.4) is 0 Å². The summed E-state index contributed by atoms with van der Waals surface area (Å²) in [7, 11) is 0. The van der Waals surface area contributed by atoms with Gasteiger partial charge in [0.2, 0.25) is 5.91 Å². The summed E-state index contributed by atoms with van der Waals surface area (Å²) in [5, 5.41) is 0.645. The van der Waals surface area contributed by atoms with Gasteiger partial charge in [-0.3, -0.25) is 15.0 Å². The fourth-order valence-corrected chi connectivity index (χ4v) is 4.64. The molecule has 7 heteroatoms. The number of hydrazine groups is 1. The van der Waals surface area contributed by atoms with Crippen molar-refractivity contribution >= 4 is 23.5 Å². The molecule has 2 N–H and O–H groups in total. The maximum Gasteiger partial charge on any atom is 0.314 e. The van der Waals surface area contributed by atoms with Crippen LogP contribution in [0.2, 0.25) is 5.02 Å². The lowest BCUT2D eigenvalue weighted by Gasteiger charge is -2.41. The van der Waals surface area contributed by atoms with Gasteiger partial charge < -0.3 is 9.64 Å². The van der Waals surface area contributed by atoms with E-state index in [9.17, 15) is 9.59 Å². The van der Waals surface area contributed by atoms with Crippen molar-refractivity contribution in [2.24, 2.45) is 11.3 Å². The third-order valence-electron chi connectivity index (χ3n) is 6.06. The second-order valence-electron chi connectivity index (χ2n) is 8.60. The number of nitrogens with one attached hydrogen (secondary N) is 2. The average molecular weight is 422 g/mol. The summed E-state index contributed by atoms with van der Waals surface area (Å²) in [4.78, 5) is 28.1. The lowest BCUT2D eigenvalue weighted by molar-refractivity contribution is -0.161. The van der Waals surface area contributed by atoms with Gasteiger partial charge in [0.05, 0.1) is 12.0 Å². The van der Waals surface area contributed by atoms with E-state index < -0.39 is 5.41 Å². The predicted molar refractivity (Wildman–Crippen MR) is 113 cm³/mol. The van der Waals surface area contributed by atoms with Crippen molar-refractivity contribution in [3.05, 3.63) is 34.9 Å². The zero-order chi connectivity index (χ0) is 21.0. The van der Waals surface area contributed by atoms with Gasteiger partial charge in [-0.2, -0.15) is 0 Å². The highest BCUT2D eigenvalue weighted by atomic mass is 35.5. The quantitative estimate of drug-likeness (QED) is 0.691. The van der Waals surface area contributed by atoms with Crippen LogP contribution in [-0.4, -0.2) is 48.6 Å². The summed E-state index contributed by atoms with van der Waals surface area (Å²) in [6.07, 6.45) is 2.75. The molecule has 160 valence electrons. The molecule has 2 heterocycles. The first-order chi connectivity index (χ1) is 13.8. The summed E-state index contributed by atoms with van der Waals surface area (Å²) in [6, 6.07) is 7.59. The molecule has 2 saturated heterocycles. The smallest absolute Gasteiger partial charge is 0.314 e. The number of carbonyl (C=O) groups is 2. The van der Waals surface area contributed by atoms with Crippen LogP contribution < -0.4 is 10.9 Å². The summed E-state index contributed by atoms with van der Waals surface area (Å²) >= 11 is 6.16. The van der Waals surface area contributed by atoms with E-state index in [0.717, 1.165) is 18.4 Å². The molecule has 6 nitrogen and oxygen atoms in total. The fourth-order valence-electron chi connectivity index (χ4n) is 4.43. The van der Waals surface area contributed by atoms with Gasteiger partial charge in [-0.25, -0.2) is 5.43 Å². The van der Waals surface area contributed by atoms with Gasteiger partial charge in [-0.1, -0.05) is 37.6 Å². The number of ether oxygens (including phenoxy) is 1. The van der Waals surface area contributed by atoms with Gasteiger partial charge >= 0.3 is 5.97 Å². The standard InChI is InChI=1S/C22H32ClN3O3/c1-4-29-21(28)22(13-16-7-5-8-17(23)11-16)9-6-10-26(14-22)20(27)19-12-18(15(2)3)24-25-19/h5,7-8,11,15,18-19,24-25H,4,6,9-10,12-14H2,1-3H3. The maximum absolute atomic E-state index is 13.2. The second kappa shape index (κ2) is 9.45. The normalized spacial score (nSPS) is 27.3. The molecule has 2 aliphatic heterocycles. The van der Waals surface area contributed by atoms with Crippen molar-refractivity contribution in [1.29, 1.82) is 0 Å². The third kappa shape index (κ3) is 5.11. The molecule has 0 aromatic heterocycles. The minimum Gasteiger partial charge on any atom is -0.466 e. The van der Waals surface area contributed by atoms with Gasteiger partial charge in [-0.15, -0.1) is 0 Å². The Kier molecular flexibility index (Phi) is 7.19. The molecule has 1 amide bonds. The monoisotopic (exact) mass is 421 g/mol. The molecular formula is C22H32ClN3O3. The molecule has 3 atom stereocenters. The SMILES string of the molecule is CCOC(=O)C1(Cc2cccc(Cl)c2)CCCN(C(=O)C2CC(C(C)C)NN2)C1. The topological polar surface area (TPSA) is 70.7 Å². The van der Waals surface area contributed by atoms with Crippen molar-refractivity contribution in [2.75, 3.05) is 19.7 Å². The van der Waals surface area contributed by atoms with Crippen LogP contribution in [0.5, 0.6) is 0 Å². The molecule has 3 unspecified atom stereocenters. The van der Waals surface area contributed by atoms with E-state index in [-0.39, 0.29) is 24.0 Å². The Balaban J connectivity index is 1.78. The first kappa shape index (κ1) is 22.1. The number of halogens is 1. The molecule has 1 aromatic carbocycles. The average Bonchev–Trinajstić information content (AvgIpc) is 3.18. The molecule has 1 aromatic rings. The second-order valence-corrected chi connectivity index (χ2v) is 9.03. The van der Waals surface area contributed by atoms with Crippen molar-refractivity contribution in [2.45, 2.75) is 58.5 Å². The molecule has 0 saturated carbocycles. The van der Waals surface area contributed by atoms with E-state index in [0.29, 0.717) is 43.5 Å². The molecule has 29 heavy (non-hydrogen) atoms. The molecule has 0 radical (unpaired) electrons. The Morgan fingerprint density at radius 3 is 2.79 bits per heavy atom. The highest BCUT2D eigenvalue weighted by Crippen LogP contribution is 2.36.